The summed E-state index contributed by atoms with van der Waals surface area (Å²) in [7, 11) is 0. The second-order valence-corrected chi connectivity index (χ2v) is 8.20. The number of hydrogen-bond donors (Lipinski definition) is 0. The molecule has 0 spiro atoms. The second kappa shape index (κ2) is 8.35. The van der Waals surface area contributed by atoms with E-state index in [0.29, 0.717) is 22.6 Å². The molecular weight excluding hydrogens is 500 g/mol. The fourth-order valence-electron chi connectivity index (χ4n) is 2.87. The van der Waals surface area contributed by atoms with Crippen LogP contribution in [0.15, 0.2) is 81.4 Å². The number of hydrogen-bond acceptors (Lipinski definition) is 4. The molecule has 1 aliphatic rings. The predicted molar refractivity (Wildman–Crippen MR) is 117 cm³/mol. The van der Waals surface area contributed by atoms with Crippen LogP contribution in [0.5, 0.6) is 11.5 Å². The maximum absolute atomic E-state index is 12.6. The number of benzene rings is 3. The highest BCUT2D eigenvalue weighted by atomic mass is 79.9. The highest BCUT2D eigenvalue weighted by molar-refractivity contribution is 9.10. The van der Waals surface area contributed by atoms with E-state index < -0.39 is 0 Å². The number of rotatable bonds is 5. The highest BCUT2D eigenvalue weighted by Crippen LogP contribution is 2.35. The molecule has 0 unspecified atom stereocenters. The van der Waals surface area contributed by atoms with Crippen LogP contribution >= 0.6 is 31.9 Å². The summed E-state index contributed by atoms with van der Waals surface area (Å²) in [5, 5.41) is 0. The lowest BCUT2D eigenvalue weighted by Gasteiger charge is -2.07. The molecule has 0 saturated carbocycles. The standard InChI is InChI=1S/C23H14Br2O4/c24-16-6-4-15(5-7-16)20(26)13-28-18-8-9-19-21(12-18)29-22(23(19)27)11-14-2-1-3-17(25)10-14/h1-12H,13H2/b22-11-. The largest absolute Gasteiger partial charge is 0.485 e. The smallest absolute Gasteiger partial charge is 0.231 e. The van der Waals surface area contributed by atoms with Gasteiger partial charge in [-0.15, -0.1) is 0 Å². The molecule has 0 aliphatic carbocycles. The third-order valence-electron chi connectivity index (χ3n) is 4.32. The fraction of sp³-hybridized carbons (Fsp3) is 0.0435. The SMILES string of the molecule is O=C(COc1ccc2c(c1)O/C(=C\c1cccc(Br)c1)C2=O)c1ccc(Br)cc1. The Bertz CT molecular complexity index is 1130. The van der Waals surface area contributed by atoms with Crippen LogP contribution in [-0.4, -0.2) is 18.2 Å². The molecule has 1 heterocycles. The molecule has 0 bridgehead atoms. The van der Waals surface area contributed by atoms with Gasteiger partial charge >= 0.3 is 0 Å². The van der Waals surface area contributed by atoms with Crippen molar-refractivity contribution in [1.29, 1.82) is 0 Å². The maximum atomic E-state index is 12.6. The summed E-state index contributed by atoms with van der Waals surface area (Å²) in [5.74, 6) is 0.819. The Hall–Kier alpha value is -2.70. The lowest BCUT2D eigenvalue weighted by Crippen LogP contribution is -2.11. The first-order valence-electron chi connectivity index (χ1n) is 8.75. The van der Waals surface area contributed by atoms with Crippen LogP contribution in [0.2, 0.25) is 0 Å². The van der Waals surface area contributed by atoms with E-state index >= 15 is 0 Å². The van der Waals surface area contributed by atoms with Gasteiger partial charge in [0, 0.05) is 20.6 Å². The van der Waals surface area contributed by atoms with Crippen LogP contribution in [-0.2, 0) is 0 Å². The molecule has 1 aliphatic heterocycles. The maximum Gasteiger partial charge on any atom is 0.231 e. The monoisotopic (exact) mass is 512 g/mol. The first-order chi connectivity index (χ1) is 14.0. The van der Waals surface area contributed by atoms with Gasteiger partial charge in [-0.1, -0.05) is 56.1 Å². The molecule has 29 heavy (non-hydrogen) atoms. The van der Waals surface area contributed by atoms with Gasteiger partial charge in [0.25, 0.3) is 0 Å². The van der Waals surface area contributed by atoms with Crippen molar-refractivity contribution in [1.82, 2.24) is 0 Å². The number of allylic oxidation sites excluding steroid dienone is 1. The van der Waals surface area contributed by atoms with E-state index in [1.54, 1.807) is 48.5 Å². The van der Waals surface area contributed by atoms with Gasteiger partial charge in [-0.05, 0) is 48.0 Å². The number of carbonyl (C=O) groups excluding carboxylic acids is 2. The van der Waals surface area contributed by atoms with Crippen LogP contribution in [0.3, 0.4) is 0 Å². The van der Waals surface area contributed by atoms with Gasteiger partial charge in [-0.3, -0.25) is 9.59 Å². The van der Waals surface area contributed by atoms with Crippen molar-refractivity contribution in [2.24, 2.45) is 0 Å². The molecule has 4 rings (SSSR count). The summed E-state index contributed by atoms with van der Waals surface area (Å²) < 4.78 is 13.2. The van der Waals surface area contributed by atoms with Gasteiger partial charge in [0.15, 0.2) is 18.1 Å². The van der Waals surface area contributed by atoms with E-state index in [1.165, 1.54) is 0 Å². The normalized spacial score (nSPS) is 13.9. The van der Waals surface area contributed by atoms with Gasteiger partial charge in [0.1, 0.15) is 11.5 Å². The summed E-state index contributed by atoms with van der Waals surface area (Å²) in [5.41, 5.74) is 1.89. The van der Waals surface area contributed by atoms with Crippen LogP contribution in [0.1, 0.15) is 26.3 Å². The Kier molecular flexibility index (Phi) is 5.65. The predicted octanol–water partition coefficient (Wildman–Crippen LogP) is 6.09. The molecule has 0 radical (unpaired) electrons. The second-order valence-electron chi connectivity index (χ2n) is 6.37. The zero-order valence-corrected chi connectivity index (χ0v) is 18.2. The van der Waals surface area contributed by atoms with Crippen LogP contribution < -0.4 is 9.47 Å². The molecular formula is C23H14Br2O4. The topological polar surface area (TPSA) is 52.6 Å². The molecule has 0 fully saturated rings. The molecule has 0 atom stereocenters. The van der Waals surface area contributed by atoms with Gasteiger partial charge in [0.2, 0.25) is 5.78 Å². The summed E-state index contributed by atoms with van der Waals surface area (Å²) in [6.07, 6.45) is 1.70. The number of halogens is 2. The number of ketones is 2. The van der Waals surface area contributed by atoms with Gasteiger partial charge in [-0.2, -0.15) is 0 Å². The Balaban J connectivity index is 1.47. The van der Waals surface area contributed by atoms with Crippen LogP contribution in [0.25, 0.3) is 6.08 Å². The Morgan fingerprint density at radius 1 is 0.966 bits per heavy atom. The van der Waals surface area contributed by atoms with E-state index in [4.69, 9.17) is 9.47 Å². The van der Waals surface area contributed by atoms with Crippen LogP contribution in [0.4, 0.5) is 0 Å². The van der Waals surface area contributed by atoms with E-state index in [2.05, 4.69) is 31.9 Å². The van der Waals surface area contributed by atoms with E-state index in [1.807, 2.05) is 24.3 Å². The number of fused-ring (bicyclic) bond motifs is 1. The Labute approximate surface area is 184 Å². The lowest BCUT2D eigenvalue weighted by molar-refractivity contribution is 0.0921. The number of ether oxygens (including phenoxy) is 2. The third kappa shape index (κ3) is 4.49. The summed E-state index contributed by atoms with van der Waals surface area (Å²) >= 11 is 6.75. The van der Waals surface area contributed by atoms with Gasteiger partial charge in [0.05, 0.1) is 5.56 Å². The molecule has 4 nitrogen and oxygen atoms in total. The van der Waals surface area contributed by atoms with Crippen molar-refractivity contribution in [3.8, 4) is 11.5 Å². The summed E-state index contributed by atoms with van der Waals surface area (Å²) in [6, 6.07) is 19.6. The van der Waals surface area contributed by atoms with Crippen molar-refractivity contribution in [3.63, 3.8) is 0 Å². The van der Waals surface area contributed by atoms with E-state index in [-0.39, 0.29) is 23.9 Å². The van der Waals surface area contributed by atoms with Crippen molar-refractivity contribution in [3.05, 3.63) is 98.1 Å². The average molecular weight is 514 g/mol. The quantitative estimate of drug-likeness (QED) is 0.306. The fourth-order valence-corrected chi connectivity index (χ4v) is 3.55. The molecule has 144 valence electrons. The summed E-state index contributed by atoms with van der Waals surface area (Å²) in [6.45, 7) is -0.102. The van der Waals surface area contributed by atoms with Gasteiger partial charge in [-0.25, -0.2) is 0 Å². The molecule has 0 N–H and O–H groups in total. The highest BCUT2D eigenvalue weighted by Gasteiger charge is 2.27. The minimum Gasteiger partial charge on any atom is -0.485 e. The first-order valence-corrected chi connectivity index (χ1v) is 10.3. The van der Waals surface area contributed by atoms with E-state index in [0.717, 1.165) is 14.5 Å². The molecule has 3 aromatic carbocycles. The molecule has 0 amide bonds. The van der Waals surface area contributed by atoms with Crippen molar-refractivity contribution in [2.75, 3.05) is 6.61 Å². The van der Waals surface area contributed by atoms with Crippen LogP contribution in [0, 0.1) is 0 Å². The van der Waals surface area contributed by atoms with Crippen molar-refractivity contribution in [2.45, 2.75) is 0 Å². The van der Waals surface area contributed by atoms with Crippen molar-refractivity contribution >= 4 is 49.5 Å². The summed E-state index contributed by atoms with van der Waals surface area (Å²) in [4.78, 5) is 24.8. The zero-order valence-electron chi connectivity index (χ0n) is 15.0. The van der Waals surface area contributed by atoms with Gasteiger partial charge < -0.3 is 9.47 Å². The first kappa shape index (κ1) is 19.6. The molecule has 0 aromatic heterocycles. The minimum absolute atomic E-state index is 0.102. The Morgan fingerprint density at radius 2 is 1.76 bits per heavy atom. The zero-order chi connectivity index (χ0) is 20.4. The van der Waals surface area contributed by atoms with E-state index in [9.17, 15) is 9.59 Å². The minimum atomic E-state index is -0.183. The molecule has 6 heteroatoms. The Morgan fingerprint density at radius 3 is 2.52 bits per heavy atom. The number of carbonyl (C=O) groups is 2. The molecule has 3 aromatic rings. The molecule has 0 saturated heterocycles. The lowest BCUT2D eigenvalue weighted by atomic mass is 10.1. The van der Waals surface area contributed by atoms with Crippen molar-refractivity contribution < 1.29 is 19.1 Å². The third-order valence-corrected chi connectivity index (χ3v) is 5.35. The number of Topliss-reactive ketones (excluding diaryl/α,β-unsaturated/α-hetero) is 2. The average Bonchev–Trinajstić information content (AvgIpc) is 3.01.